The van der Waals surface area contributed by atoms with Crippen LogP contribution in [0.4, 0.5) is 5.69 Å². The summed E-state index contributed by atoms with van der Waals surface area (Å²) in [6.07, 6.45) is 0.777. The summed E-state index contributed by atoms with van der Waals surface area (Å²) in [6.45, 7) is 3.33. The molecule has 1 aliphatic rings. The van der Waals surface area contributed by atoms with Crippen LogP contribution in [-0.2, 0) is 0 Å². The highest BCUT2D eigenvalue weighted by Crippen LogP contribution is 2.32. The predicted molar refractivity (Wildman–Crippen MR) is 66.3 cm³/mol. The lowest BCUT2D eigenvalue weighted by atomic mass is 10.1. The number of rotatable bonds is 1. The number of anilines is 1. The van der Waals surface area contributed by atoms with E-state index >= 15 is 0 Å². The molecule has 0 spiro atoms. The summed E-state index contributed by atoms with van der Waals surface area (Å²) < 4.78 is 0.907. The second-order valence-corrected chi connectivity index (χ2v) is 5.30. The largest absolute Gasteiger partial charge is 0.388 e. The van der Waals surface area contributed by atoms with E-state index in [-0.39, 0.29) is 0 Å². The topological polar surface area (TPSA) is 47.3 Å². The lowest BCUT2D eigenvalue weighted by molar-refractivity contribution is 0.0839. The fraction of sp³-hybridized carbons (Fsp3) is 0.417. The Morgan fingerprint density at radius 2 is 2.31 bits per heavy atom. The zero-order valence-corrected chi connectivity index (χ0v) is 10.7. The summed E-state index contributed by atoms with van der Waals surface area (Å²) in [6, 6.07) is 7.63. The molecule has 1 aliphatic heterocycles. The average molecular weight is 281 g/mol. The Balaban J connectivity index is 2.26. The molecule has 1 fully saturated rings. The maximum atomic E-state index is 9.91. The Kier molecular flexibility index (Phi) is 2.92. The number of aliphatic hydroxyl groups is 1. The van der Waals surface area contributed by atoms with Crippen molar-refractivity contribution in [3.63, 3.8) is 0 Å². The van der Waals surface area contributed by atoms with Crippen molar-refractivity contribution in [2.24, 2.45) is 0 Å². The van der Waals surface area contributed by atoms with Crippen molar-refractivity contribution in [3.8, 4) is 6.07 Å². The van der Waals surface area contributed by atoms with Gasteiger partial charge in [0.25, 0.3) is 0 Å². The van der Waals surface area contributed by atoms with Crippen LogP contribution < -0.4 is 4.90 Å². The Hall–Kier alpha value is -1.05. The summed E-state index contributed by atoms with van der Waals surface area (Å²) in [4.78, 5) is 2.13. The van der Waals surface area contributed by atoms with Gasteiger partial charge in [-0.15, -0.1) is 0 Å². The highest BCUT2D eigenvalue weighted by molar-refractivity contribution is 9.10. The number of hydrogen-bond donors (Lipinski definition) is 1. The molecule has 0 aromatic heterocycles. The quantitative estimate of drug-likeness (QED) is 0.859. The van der Waals surface area contributed by atoms with Gasteiger partial charge >= 0.3 is 0 Å². The molecule has 0 aliphatic carbocycles. The first kappa shape index (κ1) is 11.4. The zero-order chi connectivity index (χ0) is 11.8. The number of nitrogens with zero attached hydrogens (tertiary/aromatic N) is 2. The standard InChI is InChI=1S/C12H13BrN2O/c1-12(16)4-5-15(8-12)11-3-2-9(7-14)6-10(11)13/h2-3,6,16H,4-5,8H2,1H3. The number of benzene rings is 1. The predicted octanol–water partition coefficient (Wildman–Crippen LogP) is 2.28. The molecular weight excluding hydrogens is 268 g/mol. The van der Waals surface area contributed by atoms with Gasteiger partial charge in [0, 0.05) is 17.6 Å². The van der Waals surface area contributed by atoms with E-state index in [9.17, 15) is 5.11 Å². The molecule has 1 N–H and O–H groups in total. The molecule has 16 heavy (non-hydrogen) atoms. The smallest absolute Gasteiger partial charge is 0.0992 e. The Labute approximate surface area is 103 Å². The van der Waals surface area contributed by atoms with Gasteiger partial charge in [-0.3, -0.25) is 0 Å². The van der Waals surface area contributed by atoms with Crippen LogP contribution in [0.5, 0.6) is 0 Å². The third kappa shape index (κ3) is 2.21. The van der Waals surface area contributed by atoms with E-state index in [2.05, 4.69) is 26.9 Å². The maximum Gasteiger partial charge on any atom is 0.0992 e. The highest BCUT2D eigenvalue weighted by Gasteiger charge is 2.32. The van der Waals surface area contributed by atoms with Crippen LogP contribution in [0.15, 0.2) is 22.7 Å². The van der Waals surface area contributed by atoms with E-state index in [0.717, 1.165) is 23.1 Å². The number of halogens is 1. The van der Waals surface area contributed by atoms with Crippen molar-refractivity contribution in [2.45, 2.75) is 18.9 Å². The molecule has 0 amide bonds. The fourth-order valence-electron chi connectivity index (χ4n) is 1.98. The van der Waals surface area contributed by atoms with Crippen LogP contribution in [0.2, 0.25) is 0 Å². The summed E-state index contributed by atoms with van der Waals surface area (Å²) in [5, 5.41) is 18.7. The third-order valence-electron chi connectivity index (χ3n) is 2.87. The van der Waals surface area contributed by atoms with Crippen LogP contribution in [-0.4, -0.2) is 23.8 Å². The molecule has 1 aromatic rings. The maximum absolute atomic E-state index is 9.91. The van der Waals surface area contributed by atoms with Crippen molar-refractivity contribution in [3.05, 3.63) is 28.2 Å². The van der Waals surface area contributed by atoms with Gasteiger partial charge in [-0.1, -0.05) is 0 Å². The lowest BCUT2D eigenvalue weighted by Gasteiger charge is -2.22. The van der Waals surface area contributed by atoms with E-state index in [0.29, 0.717) is 12.1 Å². The Morgan fingerprint density at radius 3 is 2.81 bits per heavy atom. The van der Waals surface area contributed by atoms with Crippen molar-refractivity contribution >= 4 is 21.6 Å². The van der Waals surface area contributed by atoms with Gasteiger partial charge in [0.1, 0.15) is 0 Å². The first-order chi connectivity index (χ1) is 7.52. The SMILES string of the molecule is CC1(O)CCN(c2ccc(C#N)cc2Br)C1. The van der Waals surface area contributed by atoms with Gasteiger partial charge in [-0.25, -0.2) is 0 Å². The summed E-state index contributed by atoms with van der Waals surface area (Å²) in [5.74, 6) is 0. The molecule has 3 nitrogen and oxygen atoms in total. The van der Waals surface area contributed by atoms with Crippen LogP contribution in [0.25, 0.3) is 0 Å². The first-order valence-corrected chi connectivity index (χ1v) is 5.98. The normalized spacial score (nSPS) is 24.5. The molecular formula is C12H13BrN2O. The molecule has 1 saturated heterocycles. The molecule has 0 bridgehead atoms. The number of β-amino-alcohol motifs (C(OH)–C–C–N with tert-alkyl or cyclic N) is 1. The number of nitriles is 1. The molecule has 2 rings (SSSR count). The van der Waals surface area contributed by atoms with E-state index in [4.69, 9.17) is 5.26 Å². The molecule has 0 radical (unpaired) electrons. The van der Waals surface area contributed by atoms with E-state index in [1.165, 1.54) is 0 Å². The van der Waals surface area contributed by atoms with Crippen LogP contribution in [0, 0.1) is 11.3 Å². The molecule has 4 heteroatoms. The molecule has 0 saturated carbocycles. The first-order valence-electron chi connectivity index (χ1n) is 5.19. The number of hydrogen-bond acceptors (Lipinski definition) is 3. The monoisotopic (exact) mass is 280 g/mol. The van der Waals surface area contributed by atoms with Crippen LogP contribution in [0.1, 0.15) is 18.9 Å². The molecule has 1 atom stereocenters. The second kappa shape index (κ2) is 4.08. The van der Waals surface area contributed by atoms with Gasteiger partial charge in [-0.05, 0) is 47.5 Å². The molecule has 1 heterocycles. The third-order valence-corrected chi connectivity index (χ3v) is 3.50. The zero-order valence-electron chi connectivity index (χ0n) is 9.07. The highest BCUT2D eigenvalue weighted by atomic mass is 79.9. The van der Waals surface area contributed by atoms with Gasteiger partial charge in [0.2, 0.25) is 0 Å². The van der Waals surface area contributed by atoms with Crippen molar-refractivity contribution in [1.82, 2.24) is 0 Å². The van der Waals surface area contributed by atoms with Crippen molar-refractivity contribution in [2.75, 3.05) is 18.0 Å². The fourth-order valence-corrected chi connectivity index (χ4v) is 2.61. The van der Waals surface area contributed by atoms with Gasteiger partial charge in [0.05, 0.1) is 22.9 Å². The van der Waals surface area contributed by atoms with Gasteiger partial charge < -0.3 is 10.0 Å². The summed E-state index contributed by atoms with van der Waals surface area (Å²) >= 11 is 3.46. The van der Waals surface area contributed by atoms with E-state index < -0.39 is 5.60 Å². The van der Waals surface area contributed by atoms with Crippen LogP contribution in [0.3, 0.4) is 0 Å². The lowest BCUT2D eigenvalue weighted by Crippen LogP contribution is -2.29. The van der Waals surface area contributed by atoms with E-state index in [1.54, 1.807) is 6.07 Å². The Morgan fingerprint density at radius 1 is 1.56 bits per heavy atom. The van der Waals surface area contributed by atoms with Crippen LogP contribution >= 0.6 is 15.9 Å². The minimum Gasteiger partial charge on any atom is -0.388 e. The van der Waals surface area contributed by atoms with Crippen molar-refractivity contribution < 1.29 is 5.11 Å². The second-order valence-electron chi connectivity index (χ2n) is 4.45. The molecule has 1 aromatic carbocycles. The minimum atomic E-state index is -0.604. The minimum absolute atomic E-state index is 0.604. The van der Waals surface area contributed by atoms with Gasteiger partial charge in [0.15, 0.2) is 0 Å². The summed E-state index contributed by atoms with van der Waals surface area (Å²) in [5.41, 5.74) is 1.08. The van der Waals surface area contributed by atoms with Gasteiger partial charge in [-0.2, -0.15) is 5.26 Å². The van der Waals surface area contributed by atoms with Crippen molar-refractivity contribution in [1.29, 1.82) is 5.26 Å². The molecule has 1 unspecified atom stereocenters. The molecule has 84 valence electrons. The average Bonchev–Trinajstić information content (AvgIpc) is 2.58. The van der Waals surface area contributed by atoms with E-state index in [1.807, 2.05) is 19.1 Å². The Bertz CT molecular complexity index is 451. The summed E-state index contributed by atoms with van der Waals surface area (Å²) in [7, 11) is 0.